The van der Waals surface area contributed by atoms with Gasteiger partial charge >= 0.3 is 35.7 Å². The van der Waals surface area contributed by atoms with Crippen LogP contribution in [0.2, 0.25) is 0 Å². The van der Waals surface area contributed by atoms with Gasteiger partial charge in [-0.1, -0.05) is 105 Å². The molecule has 3 aromatic carbocycles. The van der Waals surface area contributed by atoms with E-state index in [-0.39, 0.29) is 42.5 Å². The molecule has 4 aromatic rings. The van der Waals surface area contributed by atoms with Gasteiger partial charge in [0.05, 0.1) is 0 Å². The molecule has 8 nitrogen and oxygen atoms in total. The van der Waals surface area contributed by atoms with E-state index < -0.39 is 17.6 Å². The van der Waals surface area contributed by atoms with Gasteiger partial charge in [0, 0.05) is 12.6 Å². The van der Waals surface area contributed by atoms with E-state index in [1.807, 2.05) is 85.8 Å². The molecule has 0 radical (unpaired) electrons. The third-order valence-corrected chi connectivity index (χ3v) is 6.36. The Kier molecular flexibility index (Phi) is 10.6. The van der Waals surface area contributed by atoms with Crippen molar-refractivity contribution in [2.45, 2.75) is 38.7 Å². The van der Waals surface area contributed by atoms with E-state index in [0.717, 1.165) is 40.7 Å². The quantitative estimate of drug-likeness (QED) is 0.295. The van der Waals surface area contributed by atoms with Gasteiger partial charge < -0.3 is 15.0 Å². The number of hydrogen-bond acceptors (Lipinski definition) is 6. The molecule has 0 spiro atoms. The van der Waals surface area contributed by atoms with Gasteiger partial charge in [0.25, 0.3) is 0 Å². The van der Waals surface area contributed by atoms with Gasteiger partial charge in [-0.05, 0) is 23.6 Å². The first-order chi connectivity index (χ1) is 17.0. The number of amides is 1. The fourth-order valence-corrected chi connectivity index (χ4v) is 4.14. The van der Waals surface area contributed by atoms with Crippen LogP contribution in [0.4, 0.5) is 10.6 Å². The number of aryl methyl sites for hydroxylation is 1. The molecule has 0 saturated heterocycles. The molecule has 0 unspecified atom stereocenters. The molecule has 9 heteroatoms. The van der Waals surface area contributed by atoms with E-state index in [4.69, 9.17) is 4.74 Å². The van der Waals surface area contributed by atoms with Gasteiger partial charge in [0.1, 0.15) is 11.8 Å². The van der Waals surface area contributed by atoms with E-state index in [0.29, 0.717) is 11.5 Å². The molecule has 1 atom stereocenters. The van der Waals surface area contributed by atoms with Gasteiger partial charge in [0.15, 0.2) is 5.82 Å². The average Bonchev–Trinajstić information content (AvgIpc) is 3.61. The Morgan fingerprint density at radius 3 is 2.05 bits per heavy atom. The van der Waals surface area contributed by atoms with Crippen molar-refractivity contribution in [1.29, 1.82) is 0 Å². The summed E-state index contributed by atoms with van der Waals surface area (Å²) in [7, 11) is 1.70. The Labute approximate surface area is 245 Å². The maximum atomic E-state index is 12.5. The van der Waals surface area contributed by atoms with Gasteiger partial charge in [-0.15, -0.1) is 10.5 Å². The second kappa shape index (κ2) is 13.0. The minimum absolute atomic E-state index is 0. The van der Waals surface area contributed by atoms with E-state index in [1.165, 1.54) is 4.80 Å². The second-order valence-electron chi connectivity index (χ2n) is 8.81. The molecule has 1 aliphatic rings. The summed E-state index contributed by atoms with van der Waals surface area (Å²) in [6, 6.07) is 25.5. The van der Waals surface area contributed by atoms with Crippen LogP contribution in [0.15, 0.2) is 78.9 Å². The molecule has 1 aliphatic carbocycles. The molecule has 0 bridgehead atoms. The van der Waals surface area contributed by atoms with Crippen molar-refractivity contribution in [3.05, 3.63) is 90.0 Å². The minimum atomic E-state index is -0.596. The zero-order valence-electron chi connectivity index (χ0n) is 21.0. The Balaban J connectivity index is 0.00000169. The van der Waals surface area contributed by atoms with Crippen LogP contribution < -0.4 is 34.9 Å². The van der Waals surface area contributed by atoms with Crippen LogP contribution >= 0.6 is 0 Å². The van der Waals surface area contributed by atoms with Gasteiger partial charge in [-0.2, -0.15) is 9.90 Å². The number of anilines is 1. The average molecular weight is 522 g/mol. The Morgan fingerprint density at radius 2 is 1.50 bits per heavy atom. The van der Waals surface area contributed by atoms with Crippen LogP contribution in [0.5, 0.6) is 0 Å². The summed E-state index contributed by atoms with van der Waals surface area (Å²) >= 11 is 0. The Hall–Kier alpha value is -3.30. The molecular weight excluding hydrogens is 491 g/mol. The predicted molar refractivity (Wildman–Crippen MR) is 142 cm³/mol. The van der Waals surface area contributed by atoms with Gasteiger partial charge in [-0.3, -0.25) is 11.6 Å². The zero-order chi connectivity index (χ0) is 24.4. The minimum Gasteiger partial charge on any atom is -0.870 e. The number of hydrogen-bond donors (Lipinski definition) is 1. The van der Waals surface area contributed by atoms with Crippen molar-refractivity contribution in [2.75, 3.05) is 5.32 Å². The van der Waals surface area contributed by atoms with Crippen LogP contribution in [0, 0.1) is 0 Å². The summed E-state index contributed by atoms with van der Waals surface area (Å²) in [6.45, 7) is 1.82. The number of aromatic nitrogens is 3. The van der Waals surface area contributed by atoms with Gasteiger partial charge in [0.2, 0.25) is 0 Å². The topological polar surface area (TPSA) is 116 Å². The smallest absolute Gasteiger partial charge is 0.870 e. The zero-order valence-corrected chi connectivity index (χ0v) is 23.0. The number of carbonyl (C=O) groups is 1. The molecule has 1 aromatic heterocycles. The van der Waals surface area contributed by atoms with Gasteiger partial charge in [-0.25, -0.2) is 4.79 Å². The third kappa shape index (κ3) is 6.57. The molecule has 0 aliphatic heterocycles. The fourth-order valence-electron chi connectivity index (χ4n) is 4.14. The van der Waals surface area contributed by atoms with Crippen molar-refractivity contribution < 1.29 is 49.4 Å². The maximum absolute atomic E-state index is 12.5. The summed E-state index contributed by atoms with van der Waals surface area (Å²) in [5, 5.41) is 11.4. The number of nitrogens with one attached hydrogen (secondary N) is 1. The van der Waals surface area contributed by atoms with Crippen molar-refractivity contribution in [2.24, 2.45) is 7.05 Å². The van der Waals surface area contributed by atoms with Crippen molar-refractivity contribution >= 4 is 18.2 Å². The fraction of sp³-hybridized carbons (Fsp3) is 0.241. The van der Waals surface area contributed by atoms with Crippen LogP contribution in [0.3, 0.4) is 0 Å². The SMILES string of the molecule is C.C[C@@H](OC(=O)Nc1nn(C)nc1-c1ccc(-c2ccc(C3([C-]=O)CC3)cc2)cc1)c1ccccc1.[Na+].[OH-]. The van der Waals surface area contributed by atoms with Crippen molar-refractivity contribution in [1.82, 2.24) is 15.0 Å². The maximum Gasteiger partial charge on any atom is 1.00 e. The van der Waals surface area contributed by atoms with E-state index in [1.54, 1.807) is 7.05 Å². The summed E-state index contributed by atoms with van der Waals surface area (Å²) in [5.41, 5.74) is 5.00. The number of ether oxygens (including phenoxy) is 1. The number of benzene rings is 3. The Bertz CT molecular complexity index is 1350. The van der Waals surface area contributed by atoms with Crippen LogP contribution in [0.1, 0.15) is 44.4 Å². The third-order valence-electron chi connectivity index (χ3n) is 6.36. The van der Waals surface area contributed by atoms with E-state index >= 15 is 0 Å². The molecule has 1 saturated carbocycles. The predicted octanol–water partition coefficient (Wildman–Crippen LogP) is 3.06. The largest absolute Gasteiger partial charge is 1.00 e. The van der Waals surface area contributed by atoms with E-state index in [9.17, 15) is 9.59 Å². The summed E-state index contributed by atoms with van der Waals surface area (Å²) in [4.78, 5) is 25.2. The molecule has 192 valence electrons. The monoisotopic (exact) mass is 521 g/mol. The summed E-state index contributed by atoms with van der Waals surface area (Å²) < 4.78 is 5.51. The Morgan fingerprint density at radius 1 is 0.947 bits per heavy atom. The molecular formula is C29H30N4NaO4-. The molecule has 1 amide bonds. The summed E-state index contributed by atoms with van der Waals surface area (Å²) in [5.74, 6) is 0.328. The standard InChI is InChI=1S/C28H25N4O3.CH4.Na.H2O/c1-19(20-6-4-3-5-7-20)35-27(34)29-26-25(30-32(2)31-26)23-10-8-21(9-11-23)22-12-14-24(15-13-22)28(18-33)16-17-28;;;/h3-15,19H,16-17H2,1-2H3,(H,29,31,34);1H4;;1H2/q-1;;+1;/p-1/t19-;;;/m1.../s1. The number of rotatable bonds is 7. The molecule has 5 rings (SSSR count). The molecule has 1 heterocycles. The molecule has 38 heavy (non-hydrogen) atoms. The van der Waals surface area contributed by atoms with Crippen molar-refractivity contribution in [3.63, 3.8) is 0 Å². The number of carbonyl (C=O) groups excluding carboxylic acids is 2. The first kappa shape index (κ1) is 30.9. The first-order valence-corrected chi connectivity index (χ1v) is 11.5. The number of nitrogens with zero attached hydrogens (tertiary/aromatic N) is 3. The van der Waals surface area contributed by atoms with Crippen molar-refractivity contribution in [3.8, 4) is 22.4 Å². The first-order valence-electron chi connectivity index (χ1n) is 11.5. The van der Waals surface area contributed by atoms with E-state index in [2.05, 4.69) is 21.8 Å². The van der Waals surface area contributed by atoms with Crippen LogP contribution in [-0.4, -0.2) is 32.8 Å². The molecule has 2 N–H and O–H groups in total. The summed E-state index contributed by atoms with van der Waals surface area (Å²) in [6.07, 6.45) is 2.94. The molecule has 1 fully saturated rings. The second-order valence-corrected chi connectivity index (χ2v) is 8.81. The van der Waals surface area contributed by atoms with Crippen LogP contribution in [0.25, 0.3) is 22.4 Å². The van der Waals surface area contributed by atoms with Crippen LogP contribution in [-0.2, 0) is 22.0 Å². The normalized spacial score (nSPS) is 13.5.